The summed E-state index contributed by atoms with van der Waals surface area (Å²) in [7, 11) is 1.76. The Morgan fingerprint density at radius 1 is 1.27 bits per heavy atom. The number of anilines is 3. The minimum atomic E-state index is -0.431. The van der Waals surface area contributed by atoms with Crippen LogP contribution in [0.15, 0.2) is 42.6 Å². The molecule has 2 aromatic carbocycles. The maximum atomic E-state index is 14.7. The van der Waals surface area contributed by atoms with Crippen LogP contribution in [0, 0.1) is 11.6 Å². The Bertz CT molecular complexity index is 1050. The van der Waals surface area contributed by atoms with Gasteiger partial charge in [-0.3, -0.25) is 9.59 Å². The van der Waals surface area contributed by atoms with Crippen molar-refractivity contribution in [3.8, 4) is 0 Å². The summed E-state index contributed by atoms with van der Waals surface area (Å²) in [6.07, 6.45) is 2.28. The summed E-state index contributed by atoms with van der Waals surface area (Å²) >= 11 is 0. The Morgan fingerprint density at radius 2 is 2.07 bits per heavy atom. The van der Waals surface area contributed by atoms with Gasteiger partial charge in [0, 0.05) is 44.5 Å². The van der Waals surface area contributed by atoms with Gasteiger partial charge in [-0.15, -0.1) is 0 Å². The van der Waals surface area contributed by atoms with Crippen LogP contribution >= 0.6 is 0 Å². The topological polar surface area (TPSA) is 64.7 Å². The van der Waals surface area contributed by atoms with Crippen molar-refractivity contribution >= 4 is 34.4 Å². The molecule has 8 heteroatoms. The molecule has 2 amide bonds. The highest BCUT2D eigenvalue weighted by molar-refractivity contribution is 6.31. The molecule has 156 valence electrons. The fourth-order valence-corrected chi connectivity index (χ4v) is 3.85. The summed E-state index contributed by atoms with van der Waals surface area (Å²) in [4.78, 5) is 27.3. The standard InChI is InChI=1S/C22H22F2N4O2/c1-13(29)27(2)16-7-8-28(12-16)21-6-4-15(10-19(21)24)25-11-18-17-5-3-14(23)9-20(17)26-22(18)30/h3-6,9-11,16,25H,7-8,12H2,1-2H3,(H,26,30). The molecule has 0 aromatic heterocycles. The molecule has 4 rings (SSSR count). The zero-order valence-electron chi connectivity index (χ0n) is 16.7. The van der Waals surface area contributed by atoms with E-state index in [0.29, 0.717) is 41.3 Å². The molecule has 1 atom stereocenters. The number of rotatable bonds is 4. The molecule has 2 heterocycles. The molecule has 30 heavy (non-hydrogen) atoms. The van der Waals surface area contributed by atoms with Gasteiger partial charge in [0.2, 0.25) is 5.91 Å². The Morgan fingerprint density at radius 3 is 2.80 bits per heavy atom. The molecule has 0 spiro atoms. The van der Waals surface area contributed by atoms with Gasteiger partial charge in [-0.05, 0) is 42.8 Å². The van der Waals surface area contributed by atoms with E-state index in [1.54, 1.807) is 24.1 Å². The van der Waals surface area contributed by atoms with E-state index in [2.05, 4.69) is 10.6 Å². The summed E-state index contributed by atoms with van der Waals surface area (Å²) in [6, 6.07) is 8.92. The number of carbonyl (C=O) groups is 2. The number of hydrogen-bond acceptors (Lipinski definition) is 4. The summed E-state index contributed by atoms with van der Waals surface area (Å²) in [5.41, 5.74) is 2.32. The monoisotopic (exact) mass is 412 g/mol. The highest BCUT2D eigenvalue weighted by Gasteiger charge is 2.28. The van der Waals surface area contributed by atoms with Crippen molar-refractivity contribution in [3.05, 3.63) is 59.8 Å². The first kappa shape index (κ1) is 19.9. The smallest absolute Gasteiger partial charge is 0.257 e. The van der Waals surface area contributed by atoms with E-state index in [-0.39, 0.29) is 23.7 Å². The van der Waals surface area contributed by atoms with E-state index < -0.39 is 5.82 Å². The Kier molecular flexibility index (Phi) is 5.15. The van der Waals surface area contributed by atoms with Crippen molar-refractivity contribution in [2.45, 2.75) is 19.4 Å². The summed E-state index contributed by atoms with van der Waals surface area (Å²) in [6.45, 7) is 2.78. The number of nitrogens with zero attached hydrogens (tertiary/aromatic N) is 2. The van der Waals surface area contributed by atoms with Crippen LogP contribution < -0.4 is 15.5 Å². The Balaban J connectivity index is 1.48. The van der Waals surface area contributed by atoms with Crippen LogP contribution in [-0.2, 0) is 9.59 Å². The number of fused-ring (bicyclic) bond motifs is 1. The summed E-state index contributed by atoms with van der Waals surface area (Å²) < 4.78 is 28.1. The van der Waals surface area contributed by atoms with E-state index in [4.69, 9.17) is 0 Å². The van der Waals surface area contributed by atoms with E-state index in [0.717, 1.165) is 6.42 Å². The van der Waals surface area contributed by atoms with Gasteiger partial charge in [-0.2, -0.15) is 0 Å². The molecule has 2 aliphatic rings. The van der Waals surface area contributed by atoms with Crippen LogP contribution in [0.4, 0.5) is 25.8 Å². The molecule has 6 nitrogen and oxygen atoms in total. The number of hydrogen-bond donors (Lipinski definition) is 2. The molecular weight excluding hydrogens is 390 g/mol. The van der Waals surface area contributed by atoms with Crippen LogP contribution in [0.1, 0.15) is 18.9 Å². The third-order valence-corrected chi connectivity index (χ3v) is 5.64. The summed E-state index contributed by atoms with van der Waals surface area (Å²) in [5.74, 6) is -1.17. The van der Waals surface area contributed by atoms with Crippen molar-refractivity contribution in [1.82, 2.24) is 4.90 Å². The molecule has 0 radical (unpaired) electrons. The van der Waals surface area contributed by atoms with Crippen LogP contribution in [0.3, 0.4) is 0 Å². The highest BCUT2D eigenvalue weighted by atomic mass is 19.1. The van der Waals surface area contributed by atoms with E-state index in [1.807, 2.05) is 4.90 Å². The van der Waals surface area contributed by atoms with E-state index in [9.17, 15) is 18.4 Å². The number of carbonyl (C=O) groups excluding carboxylic acids is 2. The lowest BCUT2D eigenvalue weighted by Gasteiger charge is -2.24. The fraction of sp³-hybridized carbons (Fsp3) is 0.273. The normalized spacial score (nSPS) is 19.1. The fourth-order valence-electron chi connectivity index (χ4n) is 3.85. The van der Waals surface area contributed by atoms with Crippen LogP contribution in [-0.4, -0.2) is 42.9 Å². The second-order valence-corrected chi connectivity index (χ2v) is 7.53. The number of likely N-dealkylation sites (N-methyl/N-ethyl adjacent to an activating group) is 1. The predicted octanol–water partition coefficient (Wildman–Crippen LogP) is 3.43. The predicted molar refractivity (Wildman–Crippen MR) is 112 cm³/mol. The Hall–Kier alpha value is -3.42. The van der Waals surface area contributed by atoms with E-state index in [1.165, 1.54) is 37.4 Å². The number of benzene rings is 2. The van der Waals surface area contributed by atoms with Crippen molar-refractivity contribution in [1.29, 1.82) is 0 Å². The number of amides is 2. The molecule has 1 saturated heterocycles. The first-order valence-electron chi connectivity index (χ1n) is 9.69. The second kappa shape index (κ2) is 7.78. The minimum absolute atomic E-state index is 0.00447. The average Bonchev–Trinajstić information content (AvgIpc) is 3.29. The van der Waals surface area contributed by atoms with Crippen molar-refractivity contribution in [2.75, 3.05) is 35.7 Å². The second-order valence-electron chi connectivity index (χ2n) is 7.53. The molecule has 1 fully saturated rings. The number of halogens is 2. The molecule has 2 aliphatic heterocycles. The van der Waals surface area contributed by atoms with Crippen LogP contribution in [0.25, 0.3) is 5.57 Å². The zero-order chi connectivity index (χ0) is 21.4. The van der Waals surface area contributed by atoms with Gasteiger partial charge in [-0.1, -0.05) is 0 Å². The largest absolute Gasteiger partial charge is 0.367 e. The van der Waals surface area contributed by atoms with Gasteiger partial charge in [0.1, 0.15) is 11.6 Å². The van der Waals surface area contributed by atoms with Gasteiger partial charge in [0.05, 0.1) is 23.0 Å². The van der Waals surface area contributed by atoms with Gasteiger partial charge < -0.3 is 20.4 Å². The van der Waals surface area contributed by atoms with Crippen molar-refractivity contribution in [3.63, 3.8) is 0 Å². The van der Waals surface area contributed by atoms with Gasteiger partial charge >= 0.3 is 0 Å². The number of nitrogens with one attached hydrogen (secondary N) is 2. The van der Waals surface area contributed by atoms with Crippen molar-refractivity contribution in [2.24, 2.45) is 0 Å². The zero-order valence-corrected chi connectivity index (χ0v) is 16.7. The maximum Gasteiger partial charge on any atom is 0.257 e. The molecule has 0 aliphatic carbocycles. The molecule has 2 aromatic rings. The Labute approximate surface area is 173 Å². The molecular formula is C22H22F2N4O2. The van der Waals surface area contributed by atoms with Crippen LogP contribution in [0.2, 0.25) is 0 Å². The lowest BCUT2D eigenvalue weighted by molar-refractivity contribution is -0.129. The third-order valence-electron chi connectivity index (χ3n) is 5.64. The van der Waals surface area contributed by atoms with Crippen LogP contribution in [0.5, 0.6) is 0 Å². The van der Waals surface area contributed by atoms with E-state index >= 15 is 0 Å². The molecule has 0 bridgehead atoms. The third kappa shape index (κ3) is 3.72. The van der Waals surface area contributed by atoms with Gasteiger partial charge in [-0.25, -0.2) is 8.78 Å². The quantitative estimate of drug-likeness (QED) is 0.756. The minimum Gasteiger partial charge on any atom is -0.367 e. The lowest BCUT2D eigenvalue weighted by atomic mass is 10.1. The van der Waals surface area contributed by atoms with Gasteiger partial charge in [0.25, 0.3) is 5.91 Å². The molecule has 1 unspecified atom stereocenters. The average molecular weight is 412 g/mol. The molecule has 0 saturated carbocycles. The first-order chi connectivity index (χ1) is 14.3. The van der Waals surface area contributed by atoms with Gasteiger partial charge in [0.15, 0.2) is 0 Å². The maximum absolute atomic E-state index is 14.7. The highest BCUT2D eigenvalue weighted by Crippen LogP contribution is 2.33. The lowest BCUT2D eigenvalue weighted by Crippen LogP contribution is -2.37. The van der Waals surface area contributed by atoms with Crippen molar-refractivity contribution < 1.29 is 18.4 Å². The molecule has 2 N–H and O–H groups in total. The first-order valence-corrected chi connectivity index (χ1v) is 9.69. The summed E-state index contributed by atoms with van der Waals surface area (Å²) in [5, 5.41) is 5.55. The SMILES string of the molecule is CC(=O)N(C)C1CCN(c2ccc(NC=C3C(=O)Nc4cc(F)ccc43)cc2F)C1.